The fraction of sp³-hybridized carbons (Fsp3) is 0.214. The van der Waals surface area contributed by atoms with Crippen LogP contribution in [0, 0.1) is 6.92 Å². The molecule has 0 radical (unpaired) electrons. The molecular weight excluding hydrogens is 448 g/mol. The summed E-state index contributed by atoms with van der Waals surface area (Å²) >= 11 is 7.58. The summed E-state index contributed by atoms with van der Waals surface area (Å²) < 4.78 is 2.07. The minimum atomic E-state index is -0.255. The van der Waals surface area contributed by atoms with Gasteiger partial charge in [-0.1, -0.05) is 65.3 Å². The van der Waals surface area contributed by atoms with Gasteiger partial charge < -0.3 is 0 Å². The summed E-state index contributed by atoms with van der Waals surface area (Å²) in [5, 5.41) is 1.24. The van der Waals surface area contributed by atoms with Gasteiger partial charge in [-0.2, -0.15) is 0 Å². The summed E-state index contributed by atoms with van der Waals surface area (Å²) in [5.41, 5.74) is 7.57. The maximum Gasteiger partial charge on any atom is 0.176 e. The van der Waals surface area contributed by atoms with E-state index in [9.17, 15) is 4.79 Å². The van der Waals surface area contributed by atoms with Crippen LogP contribution in [0.5, 0.6) is 0 Å². The summed E-state index contributed by atoms with van der Waals surface area (Å²) in [5.74, 6) is 0.140. The molecule has 4 aromatic rings. The number of benzene rings is 3. The molecule has 0 amide bonds. The van der Waals surface area contributed by atoms with Gasteiger partial charge in [0.2, 0.25) is 0 Å². The average Bonchev–Trinajstić information content (AvgIpc) is 3.46. The molecule has 1 aliphatic carbocycles. The van der Waals surface area contributed by atoms with Gasteiger partial charge in [0.05, 0.1) is 10.9 Å². The fourth-order valence-corrected chi connectivity index (χ4v) is 5.38. The normalized spacial score (nSPS) is 13.7. The number of nitrogens with zero attached hydrogens (tertiary/aromatic N) is 2. The van der Waals surface area contributed by atoms with E-state index in [0.29, 0.717) is 5.02 Å². The molecule has 1 atom stereocenters. The number of rotatable bonds is 6. The predicted molar refractivity (Wildman–Crippen MR) is 137 cm³/mol. The van der Waals surface area contributed by atoms with Crippen molar-refractivity contribution in [3.05, 3.63) is 100 Å². The van der Waals surface area contributed by atoms with Gasteiger partial charge in [-0.05, 0) is 74.6 Å². The lowest BCUT2D eigenvalue weighted by Crippen LogP contribution is -2.15. The van der Waals surface area contributed by atoms with E-state index >= 15 is 0 Å². The van der Waals surface area contributed by atoms with Crippen LogP contribution >= 0.6 is 23.4 Å². The van der Waals surface area contributed by atoms with Crippen molar-refractivity contribution in [2.75, 3.05) is 0 Å². The number of hydrogen-bond donors (Lipinski definition) is 0. The second-order valence-corrected chi connectivity index (χ2v) is 10.3. The van der Waals surface area contributed by atoms with Crippen LogP contribution in [-0.4, -0.2) is 20.6 Å². The van der Waals surface area contributed by atoms with Crippen molar-refractivity contribution in [3.63, 3.8) is 0 Å². The molecule has 1 aromatic heterocycles. The second kappa shape index (κ2) is 9.20. The Morgan fingerprint density at radius 2 is 1.73 bits per heavy atom. The molecule has 5 rings (SSSR count). The summed E-state index contributed by atoms with van der Waals surface area (Å²) in [7, 11) is 0. The molecule has 3 nitrogen and oxygen atoms in total. The largest absolute Gasteiger partial charge is 0.294 e. The molecule has 1 aliphatic rings. The van der Waals surface area contributed by atoms with Gasteiger partial charge in [-0.25, -0.2) is 4.98 Å². The predicted octanol–water partition coefficient (Wildman–Crippen LogP) is 7.35. The van der Waals surface area contributed by atoms with E-state index in [1.54, 1.807) is 0 Å². The Hall–Kier alpha value is -2.82. The number of hydrogen-bond acceptors (Lipinski definition) is 3. The number of aromatic nitrogens is 2. The zero-order valence-corrected chi connectivity index (χ0v) is 20.3. The van der Waals surface area contributed by atoms with Crippen LogP contribution in [0.1, 0.15) is 40.4 Å². The Morgan fingerprint density at radius 3 is 2.48 bits per heavy atom. The maximum absolute atomic E-state index is 13.3. The Kier molecular flexibility index (Phi) is 6.13. The van der Waals surface area contributed by atoms with Gasteiger partial charge >= 0.3 is 0 Å². The van der Waals surface area contributed by atoms with Crippen molar-refractivity contribution in [2.24, 2.45) is 0 Å². The summed E-state index contributed by atoms with van der Waals surface area (Å²) in [6.07, 6.45) is 5.40. The van der Waals surface area contributed by atoms with Gasteiger partial charge in [-0.3, -0.25) is 9.36 Å². The topological polar surface area (TPSA) is 34.9 Å². The molecule has 0 spiro atoms. The Bertz CT molecular complexity index is 1310. The van der Waals surface area contributed by atoms with Crippen molar-refractivity contribution in [1.82, 2.24) is 9.55 Å². The van der Waals surface area contributed by atoms with E-state index in [-0.39, 0.29) is 11.0 Å². The molecule has 0 N–H and O–H groups in total. The first kappa shape index (κ1) is 22.0. The molecule has 1 heterocycles. The summed E-state index contributed by atoms with van der Waals surface area (Å²) in [6, 6.07) is 22.2. The minimum absolute atomic E-state index is 0.140. The van der Waals surface area contributed by atoms with E-state index < -0.39 is 0 Å². The Labute approximate surface area is 203 Å². The summed E-state index contributed by atoms with van der Waals surface area (Å²) in [4.78, 5) is 18.2. The highest BCUT2D eigenvalue weighted by atomic mass is 35.5. The van der Waals surface area contributed by atoms with E-state index in [4.69, 9.17) is 16.6 Å². The van der Waals surface area contributed by atoms with Crippen molar-refractivity contribution in [1.29, 1.82) is 0 Å². The quantitative estimate of drug-likeness (QED) is 0.217. The lowest BCUT2D eigenvalue weighted by Gasteiger charge is -2.13. The first-order chi connectivity index (χ1) is 16.0. The molecular formula is C28H25ClN2OS. The highest BCUT2D eigenvalue weighted by Gasteiger charge is 2.22. The molecule has 0 aliphatic heterocycles. The molecule has 0 unspecified atom stereocenters. The van der Waals surface area contributed by atoms with Crippen LogP contribution in [-0.2, 0) is 12.8 Å². The number of fused-ring (bicyclic) bond motifs is 1. The number of halogens is 1. The molecule has 0 bridgehead atoms. The molecule has 0 saturated heterocycles. The Balaban J connectivity index is 1.47. The molecule has 0 saturated carbocycles. The van der Waals surface area contributed by atoms with Crippen LogP contribution in [0.2, 0.25) is 5.02 Å². The number of carbonyl (C=O) groups is 1. The van der Waals surface area contributed by atoms with Crippen molar-refractivity contribution < 1.29 is 4.79 Å². The minimum Gasteiger partial charge on any atom is -0.294 e. The van der Waals surface area contributed by atoms with E-state index in [1.165, 1.54) is 34.9 Å². The zero-order chi connectivity index (χ0) is 22.9. The van der Waals surface area contributed by atoms with Gasteiger partial charge in [0.25, 0.3) is 0 Å². The third kappa shape index (κ3) is 4.64. The summed E-state index contributed by atoms with van der Waals surface area (Å²) in [6.45, 7) is 4.04. The number of aryl methyl sites for hydroxylation is 3. The number of Topliss-reactive ketones (excluding diaryl/α,β-unsaturated/α-hetero) is 1. The number of carbonyl (C=O) groups excluding carboxylic acids is 1. The molecule has 5 heteroatoms. The average molecular weight is 473 g/mol. The number of imidazole rings is 1. The highest BCUT2D eigenvalue weighted by Crippen LogP contribution is 2.32. The lowest BCUT2D eigenvalue weighted by atomic mass is 10.0. The van der Waals surface area contributed by atoms with Crippen LogP contribution in [0.3, 0.4) is 0 Å². The third-order valence-electron chi connectivity index (χ3n) is 6.16. The van der Waals surface area contributed by atoms with E-state index in [1.807, 2.05) is 43.5 Å². The third-order valence-corrected chi connectivity index (χ3v) is 7.48. The number of ketones is 1. The van der Waals surface area contributed by atoms with Gasteiger partial charge in [0, 0.05) is 28.0 Å². The molecule has 166 valence electrons. The fourth-order valence-electron chi connectivity index (χ4n) is 4.27. The molecule has 33 heavy (non-hydrogen) atoms. The van der Waals surface area contributed by atoms with Gasteiger partial charge in [0.15, 0.2) is 10.9 Å². The smallest absolute Gasteiger partial charge is 0.176 e. The van der Waals surface area contributed by atoms with Crippen LogP contribution < -0.4 is 0 Å². The zero-order valence-electron chi connectivity index (χ0n) is 18.7. The first-order valence-corrected chi connectivity index (χ1v) is 12.5. The van der Waals surface area contributed by atoms with Crippen molar-refractivity contribution >= 4 is 29.1 Å². The molecule has 0 fully saturated rings. The van der Waals surface area contributed by atoms with Gasteiger partial charge in [-0.15, -0.1) is 0 Å². The van der Waals surface area contributed by atoms with Crippen LogP contribution in [0.25, 0.3) is 16.9 Å². The lowest BCUT2D eigenvalue weighted by molar-refractivity contribution is 0.0993. The number of thioether (sulfide) groups is 1. The Morgan fingerprint density at radius 1 is 1.00 bits per heavy atom. The highest BCUT2D eigenvalue weighted by molar-refractivity contribution is 8.00. The maximum atomic E-state index is 13.3. The second-order valence-electron chi connectivity index (χ2n) is 8.58. The first-order valence-electron chi connectivity index (χ1n) is 11.2. The van der Waals surface area contributed by atoms with Gasteiger partial charge in [0.1, 0.15) is 0 Å². The van der Waals surface area contributed by atoms with Crippen molar-refractivity contribution in [3.8, 4) is 16.9 Å². The van der Waals surface area contributed by atoms with Crippen LogP contribution in [0.15, 0.2) is 78.1 Å². The standard InChI is InChI=1S/C28H25ClN2OS/c1-18-6-14-25(15-7-18)31-17-26(21-10-12-24(29)13-11-21)30-28(31)33-19(2)27(32)23-9-8-20-4-3-5-22(20)16-23/h6-17,19H,3-5H2,1-2H3/t19-/m0/s1. The molecule has 3 aromatic carbocycles. The van der Waals surface area contributed by atoms with Crippen molar-refractivity contribution in [2.45, 2.75) is 43.5 Å². The van der Waals surface area contributed by atoms with E-state index in [2.05, 4.69) is 47.9 Å². The van der Waals surface area contributed by atoms with E-state index in [0.717, 1.165) is 40.5 Å². The van der Waals surface area contributed by atoms with Crippen LogP contribution in [0.4, 0.5) is 0 Å². The monoisotopic (exact) mass is 472 g/mol. The SMILES string of the molecule is Cc1ccc(-n2cc(-c3ccc(Cl)cc3)nc2S[C@@H](C)C(=O)c2ccc3c(c2)CCC3)cc1.